The summed E-state index contributed by atoms with van der Waals surface area (Å²) in [5, 5.41) is 3.07. The first-order valence-electron chi connectivity index (χ1n) is 10.1. The van der Waals surface area contributed by atoms with Gasteiger partial charge in [-0.05, 0) is 56.3 Å². The van der Waals surface area contributed by atoms with Gasteiger partial charge in [-0.3, -0.25) is 9.59 Å². The Balaban J connectivity index is 1.61. The molecule has 0 saturated heterocycles. The van der Waals surface area contributed by atoms with Gasteiger partial charge in [0, 0.05) is 30.6 Å². The Kier molecular flexibility index (Phi) is 6.67. The molecule has 1 aromatic rings. The summed E-state index contributed by atoms with van der Waals surface area (Å²) in [7, 11) is 0. The summed E-state index contributed by atoms with van der Waals surface area (Å²) in [5.74, 6) is 0.734. The fraction of sp³-hybridized carbons (Fsp3) is 0.619. The number of amides is 2. The molecule has 3 N–H and O–H groups in total. The van der Waals surface area contributed by atoms with Crippen molar-refractivity contribution in [3.63, 3.8) is 0 Å². The van der Waals surface area contributed by atoms with E-state index in [4.69, 9.17) is 5.73 Å². The highest BCUT2D eigenvalue weighted by Gasteiger charge is 2.33. The molecule has 0 aliphatic heterocycles. The van der Waals surface area contributed by atoms with E-state index in [1.165, 1.54) is 6.42 Å². The van der Waals surface area contributed by atoms with Crippen LogP contribution in [0.25, 0.3) is 0 Å². The van der Waals surface area contributed by atoms with Crippen LogP contribution >= 0.6 is 0 Å². The van der Waals surface area contributed by atoms with Crippen molar-refractivity contribution < 1.29 is 9.59 Å². The molecule has 0 spiro atoms. The summed E-state index contributed by atoms with van der Waals surface area (Å²) >= 11 is 0. The number of nitrogens with zero attached hydrogens (tertiary/aromatic N) is 1. The van der Waals surface area contributed by atoms with Crippen LogP contribution in [0.5, 0.6) is 0 Å². The highest BCUT2D eigenvalue weighted by molar-refractivity contribution is 5.92. The van der Waals surface area contributed by atoms with E-state index in [1.54, 1.807) is 0 Å². The number of hydrogen-bond donors (Lipinski definition) is 2. The Hall–Kier alpha value is -1.88. The topological polar surface area (TPSA) is 75.4 Å². The number of benzene rings is 1. The van der Waals surface area contributed by atoms with Crippen molar-refractivity contribution in [2.45, 2.75) is 57.9 Å². The molecule has 5 nitrogen and oxygen atoms in total. The third-order valence-electron chi connectivity index (χ3n) is 5.41. The molecule has 0 aromatic heterocycles. The third-order valence-corrected chi connectivity index (χ3v) is 5.41. The van der Waals surface area contributed by atoms with E-state index >= 15 is 0 Å². The van der Waals surface area contributed by atoms with Gasteiger partial charge < -0.3 is 16.0 Å². The molecular formula is C21H31N3O2. The van der Waals surface area contributed by atoms with E-state index < -0.39 is 0 Å². The molecule has 5 heteroatoms. The fourth-order valence-corrected chi connectivity index (χ4v) is 3.71. The maximum Gasteiger partial charge on any atom is 0.227 e. The molecule has 3 rings (SSSR count). The predicted octanol–water partition coefficient (Wildman–Crippen LogP) is 3.29. The van der Waals surface area contributed by atoms with Gasteiger partial charge in [0.2, 0.25) is 11.8 Å². The quantitative estimate of drug-likeness (QED) is 0.749. The predicted molar refractivity (Wildman–Crippen MR) is 103 cm³/mol. The first-order chi connectivity index (χ1) is 12.7. The SMILES string of the molecule is NCCCN(Cc1cccc(NC(=O)C2CCCCC2)c1)C(=O)C1CC1. The number of hydrogen-bond acceptors (Lipinski definition) is 3. The van der Waals surface area contributed by atoms with Crippen LogP contribution in [0, 0.1) is 11.8 Å². The second kappa shape index (κ2) is 9.17. The largest absolute Gasteiger partial charge is 0.338 e. The van der Waals surface area contributed by atoms with E-state index in [-0.39, 0.29) is 23.7 Å². The van der Waals surface area contributed by atoms with E-state index in [9.17, 15) is 9.59 Å². The molecular weight excluding hydrogens is 326 g/mol. The number of carbonyl (C=O) groups excluding carboxylic acids is 2. The maximum atomic E-state index is 12.5. The summed E-state index contributed by atoms with van der Waals surface area (Å²) in [6.45, 7) is 1.87. The Labute approximate surface area is 156 Å². The number of nitrogens with two attached hydrogens (primary N) is 1. The van der Waals surface area contributed by atoms with Crippen LogP contribution in [-0.4, -0.2) is 29.8 Å². The number of nitrogens with one attached hydrogen (secondary N) is 1. The normalized spacial score (nSPS) is 17.7. The lowest BCUT2D eigenvalue weighted by Crippen LogP contribution is -2.33. The lowest BCUT2D eigenvalue weighted by molar-refractivity contribution is -0.133. The number of carbonyl (C=O) groups is 2. The van der Waals surface area contributed by atoms with Crippen molar-refractivity contribution in [2.24, 2.45) is 17.6 Å². The highest BCUT2D eigenvalue weighted by atomic mass is 16.2. The molecule has 0 unspecified atom stereocenters. The van der Waals surface area contributed by atoms with Crippen molar-refractivity contribution in [2.75, 3.05) is 18.4 Å². The lowest BCUT2D eigenvalue weighted by atomic mass is 9.88. The van der Waals surface area contributed by atoms with Crippen LogP contribution in [0.1, 0.15) is 56.9 Å². The van der Waals surface area contributed by atoms with Crippen molar-refractivity contribution in [3.8, 4) is 0 Å². The van der Waals surface area contributed by atoms with Crippen LogP contribution in [0.3, 0.4) is 0 Å². The first kappa shape index (κ1) is 18.9. The Morgan fingerprint density at radius 2 is 1.85 bits per heavy atom. The maximum absolute atomic E-state index is 12.5. The summed E-state index contributed by atoms with van der Waals surface area (Å²) in [6, 6.07) is 7.90. The molecule has 0 bridgehead atoms. The van der Waals surface area contributed by atoms with Crippen LogP contribution in [0.2, 0.25) is 0 Å². The molecule has 1 aromatic carbocycles. The van der Waals surface area contributed by atoms with Crippen molar-refractivity contribution in [1.82, 2.24) is 4.90 Å². The molecule has 2 fully saturated rings. The molecule has 0 atom stereocenters. The number of rotatable bonds is 8. The van der Waals surface area contributed by atoms with Gasteiger partial charge in [0.25, 0.3) is 0 Å². The second-order valence-electron chi connectivity index (χ2n) is 7.70. The van der Waals surface area contributed by atoms with E-state index in [1.807, 2.05) is 29.2 Å². The molecule has 2 amide bonds. The minimum Gasteiger partial charge on any atom is -0.338 e. The monoisotopic (exact) mass is 357 g/mol. The Morgan fingerprint density at radius 1 is 1.08 bits per heavy atom. The summed E-state index contributed by atoms with van der Waals surface area (Å²) < 4.78 is 0. The minimum absolute atomic E-state index is 0.135. The summed E-state index contributed by atoms with van der Waals surface area (Å²) in [5.41, 5.74) is 7.51. The van der Waals surface area contributed by atoms with Crippen LogP contribution < -0.4 is 11.1 Å². The van der Waals surface area contributed by atoms with Crippen molar-refractivity contribution in [3.05, 3.63) is 29.8 Å². The van der Waals surface area contributed by atoms with Crippen molar-refractivity contribution in [1.29, 1.82) is 0 Å². The molecule has 0 heterocycles. The van der Waals surface area contributed by atoms with Gasteiger partial charge in [-0.25, -0.2) is 0 Å². The Bertz CT molecular complexity index is 621. The summed E-state index contributed by atoms with van der Waals surface area (Å²) in [6.07, 6.45) is 8.37. The zero-order valence-electron chi connectivity index (χ0n) is 15.6. The molecule has 2 saturated carbocycles. The average Bonchev–Trinajstić information content (AvgIpc) is 3.51. The van der Waals surface area contributed by atoms with Gasteiger partial charge in [-0.15, -0.1) is 0 Å². The smallest absolute Gasteiger partial charge is 0.227 e. The van der Waals surface area contributed by atoms with Crippen LogP contribution in [0.15, 0.2) is 24.3 Å². The zero-order chi connectivity index (χ0) is 18.4. The van der Waals surface area contributed by atoms with Gasteiger partial charge in [0.15, 0.2) is 0 Å². The van der Waals surface area contributed by atoms with E-state index in [0.29, 0.717) is 19.6 Å². The fourth-order valence-electron chi connectivity index (χ4n) is 3.71. The van der Waals surface area contributed by atoms with E-state index in [0.717, 1.165) is 56.2 Å². The van der Waals surface area contributed by atoms with E-state index in [2.05, 4.69) is 5.32 Å². The standard InChI is InChI=1S/C21H31N3O2/c22-12-5-13-24(21(26)18-10-11-18)15-16-6-4-9-19(14-16)23-20(25)17-7-2-1-3-8-17/h4,6,9,14,17-18H,1-3,5,7-8,10-13,15,22H2,(H,23,25). The molecule has 142 valence electrons. The van der Waals surface area contributed by atoms with Crippen LogP contribution in [0.4, 0.5) is 5.69 Å². The number of anilines is 1. The second-order valence-corrected chi connectivity index (χ2v) is 7.70. The third kappa shape index (κ3) is 5.31. The molecule has 26 heavy (non-hydrogen) atoms. The molecule has 2 aliphatic rings. The first-order valence-corrected chi connectivity index (χ1v) is 10.1. The molecule has 2 aliphatic carbocycles. The van der Waals surface area contributed by atoms with Gasteiger partial charge in [0.05, 0.1) is 0 Å². The minimum atomic E-state index is 0.135. The molecule has 0 radical (unpaired) electrons. The van der Waals surface area contributed by atoms with Gasteiger partial charge >= 0.3 is 0 Å². The van der Waals surface area contributed by atoms with Crippen molar-refractivity contribution >= 4 is 17.5 Å². The van der Waals surface area contributed by atoms with Gasteiger partial charge in [-0.1, -0.05) is 31.4 Å². The summed E-state index contributed by atoms with van der Waals surface area (Å²) in [4.78, 5) is 26.9. The average molecular weight is 357 g/mol. The van der Waals surface area contributed by atoms with Gasteiger partial charge in [0.1, 0.15) is 0 Å². The van der Waals surface area contributed by atoms with Crippen LogP contribution in [-0.2, 0) is 16.1 Å². The van der Waals surface area contributed by atoms with Gasteiger partial charge in [-0.2, -0.15) is 0 Å². The zero-order valence-corrected chi connectivity index (χ0v) is 15.6. The lowest BCUT2D eigenvalue weighted by Gasteiger charge is -2.23. The Morgan fingerprint density at radius 3 is 2.54 bits per heavy atom. The highest BCUT2D eigenvalue weighted by Crippen LogP contribution is 2.31.